The van der Waals surface area contributed by atoms with Crippen molar-refractivity contribution < 1.29 is 9.59 Å². The van der Waals surface area contributed by atoms with E-state index in [1.807, 2.05) is 30.3 Å². The quantitative estimate of drug-likeness (QED) is 0.816. The Morgan fingerprint density at radius 3 is 2.36 bits per heavy atom. The van der Waals surface area contributed by atoms with Crippen LogP contribution in [-0.2, 0) is 17.6 Å². The molecule has 1 aliphatic rings. The van der Waals surface area contributed by atoms with Crippen LogP contribution >= 0.6 is 0 Å². The zero-order valence-corrected chi connectivity index (χ0v) is 14.3. The molecule has 0 radical (unpaired) electrons. The molecule has 0 unspecified atom stereocenters. The summed E-state index contributed by atoms with van der Waals surface area (Å²) in [6, 6.07) is 17.5. The third-order valence-corrected chi connectivity index (χ3v) is 5.09. The molecular formula is C21H24N2O2. The van der Waals surface area contributed by atoms with Crippen molar-refractivity contribution in [2.75, 3.05) is 6.54 Å². The van der Waals surface area contributed by atoms with E-state index >= 15 is 0 Å². The van der Waals surface area contributed by atoms with Crippen LogP contribution in [-0.4, -0.2) is 18.4 Å². The first-order valence-electron chi connectivity index (χ1n) is 8.80. The second kappa shape index (κ2) is 7.51. The Hall–Kier alpha value is -2.62. The Labute approximate surface area is 148 Å². The molecule has 0 bridgehead atoms. The predicted molar refractivity (Wildman–Crippen MR) is 98.1 cm³/mol. The number of carbonyl (C=O) groups excluding carboxylic acids is 2. The van der Waals surface area contributed by atoms with Crippen LogP contribution in [0.5, 0.6) is 0 Å². The van der Waals surface area contributed by atoms with Gasteiger partial charge in [0.2, 0.25) is 11.8 Å². The number of hydrogen-bond acceptors (Lipinski definition) is 2. The van der Waals surface area contributed by atoms with E-state index < -0.39 is 5.91 Å². The molecule has 1 fully saturated rings. The van der Waals surface area contributed by atoms with E-state index in [2.05, 4.69) is 17.4 Å². The minimum atomic E-state index is -0.429. The van der Waals surface area contributed by atoms with Gasteiger partial charge in [-0.05, 0) is 48.9 Å². The zero-order valence-electron chi connectivity index (χ0n) is 14.3. The van der Waals surface area contributed by atoms with Crippen LogP contribution in [0.3, 0.4) is 0 Å². The van der Waals surface area contributed by atoms with E-state index in [9.17, 15) is 9.59 Å². The van der Waals surface area contributed by atoms with Gasteiger partial charge >= 0.3 is 0 Å². The molecule has 2 amide bonds. The molecule has 0 aliphatic heterocycles. The first-order valence-corrected chi connectivity index (χ1v) is 8.80. The van der Waals surface area contributed by atoms with Crippen molar-refractivity contribution in [2.45, 2.75) is 32.1 Å². The van der Waals surface area contributed by atoms with Crippen molar-refractivity contribution in [2.24, 2.45) is 11.1 Å². The van der Waals surface area contributed by atoms with Gasteiger partial charge in [-0.15, -0.1) is 0 Å². The smallest absolute Gasteiger partial charge is 0.248 e. The first-order chi connectivity index (χ1) is 12.1. The second-order valence-corrected chi connectivity index (χ2v) is 6.87. The molecule has 3 rings (SSSR count). The maximum atomic E-state index is 12.7. The van der Waals surface area contributed by atoms with Crippen molar-refractivity contribution in [3.63, 3.8) is 0 Å². The topological polar surface area (TPSA) is 72.2 Å². The second-order valence-electron chi connectivity index (χ2n) is 6.87. The average Bonchev–Trinajstić information content (AvgIpc) is 2.59. The highest BCUT2D eigenvalue weighted by molar-refractivity contribution is 5.92. The van der Waals surface area contributed by atoms with Gasteiger partial charge < -0.3 is 11.1 Å². The molecule has 1 aliphatic carbocycles. The molecule has 2 aromatic rings. The highest BCUT2D eigenvalue weighted by atomic mass is 16.2. The highest BCUT2D eigenvalue weighted by Gasteiger charge is 2.43. The maximum Gasteiger partial charge on any atom is 0.248 e. The van der Waals surface area contributed by atoms with Gasteiger partial charge in [0.1, 0.15) is 0 Å². The van der Waals surface area contributed by atoms with E-state index in [-0.39, 0.29) is 11.3 Å². The lowest BCUT2D eigenvalue weighted by atomic mass is 9.64. The fourth-order valence-electron chi connectivity index (χ4n) is 3.46. The summed E-state index contributed by atoms with van der Waals surface area (Å²) in [4.78, 5) is 24.0. The van der Waals surface area contributed by atoms with Gasteiger partial charge in [0.25, 0.3) is 0 Å². The fraction of sp³-hybridized carbons (Fsp3) is 0.333. The molecule has 4 nitrogen and oxygen atoms in total. The number of carbonyl (C=O) groups is 2. The molecule has 0 spiro atoms. The van der Waals surface area contributed by atoms with Crippen molar-refractivity contribution in [1.82, 2.24) is 5.32 Å². The van der Waals surface area contributed by atoms with E-state index in [0.717, 1.165) is 31.2 Å². The van der Waals surface area contributed by atoms with Crippen molar-refractivity contribution in [3.05, 3.63) is 71.3 Å². The van der Waals surface area contributed by atoms with Gasteiger partial charge in [0, 0.05) is 12.1 Å². The Morgan fingerprint density at radius 2 is 1.72 bits per heavy atom. The maximum absolute atomic E-state index is 12.7. The number of amides is 2. The monoisotopic (exact) mass is 336 g/mol. The van der Waals surface area contributed by atoms with Gasteiger partial charge in [-0.2, -0.15) is 0 Å². The number of nitrogens with two attached hydrogens (primary N) is 1. The van der Waals surface area contributed by atoms with Crippen LogP contribution in [0.4, 0.5) is 0 Å². The third kappa shape index (κ3) is 4.08. The minimum Gasteiger partial charge on any atom is -0.366 e. The fourth-order valence-corrected chi connectivity index (χ4v) is 3.46. The molecular weight excluding hydrogens is 312 g/mol. The Morgan fingerprint density at radius 1 is 1.00 bits per heavy atom. The summed E-state index contributed by atoms with van der Waals surface area (Å²) in [6.07, 6.45) is 4.50. The molecule has 3 N–H and O–H groups in total. The van der Waals surface area contributed by atoms with E-state index in [1.165, 1.54) is 5.56 Å². The molecule has 0 saturated heterocycles. The molecule has 130 valence electrons. The van der Waals surface area contributed by atoms with E-state index in [1.54, 1.807) is 12.1 Å². The van der Waals surface area contributed by atoms with Gasteiger partial charge in [0.15, 0.2) is 0 Å². The molecule has 1 saturated carbocycles. The van der Waals surface area contributed by atoms with Crippen molar-refractivity contribution in [3.8, 4) is 0 Å². The number of primary amides is 1. The summed E-state index contributed by atoms with van der Waals surface area (Å²) in [5.74, 6) is -0.282. The number of benzene rings is 2. The predicted octanol–water partition coefficient (Wildman–Crippen LogP) is 2.86. The zero-order chi connectivity index (χ0) is 17.7. The van der Waals surface area contributed by atoms with E-state index in [4.69, 9.17) is 5.73 Å². The number of hydrogen-bond donors (Lipinski definition) is 2. The van der Waals surface area contributed by atoms with Gasteiger partial charge in [-0.25, -0.2) is 0 Å². The lowest BCUT2D eigenvalue weighted by molar-refractivity contribution is -0.135. The third-order valence-electron chi connectivity index (χ3n) is 5.09. The minimum absolute atomic E-state index is 0.147. The SMILES string of the molecule is NC(=O)c1cccc(CCNC(=O)C2(Cc3ccccc3)CCC2)c1. The molecule has 2 aromatic carbocycles. The number of nitrogens with one attached hydrogen (secondary N) is 1. The van der Waals surface area contributed by atoms with Gasteiger partial charge in [-0.1, -0.05) is 48.9 Å². The molecule has 4 heteroatoms. The Kier molecular flexibility index (Phi) is 5.17. The summed E-state index contributed by atoms with van der Waals surface area (Å²) in [5, 5.41) is 3.09. The summed E-state index contributed by atoms with van der Waals surface area (Å²) >= 11 is 0. The molecule has 0 aromatic heterocycles. The van der Waals surface area contributed by atoms with Gasteiger partial charge in [-0.3, -0.25) is 9.59 Å². The lowest BCUT2D eigenvalue weighted by Gasteiger charge is -2.40. The summed E-state index contributed by atoms with van der Waals surface area (Å²) in [5.41, 5.74) is 7.77. The van der Waals surface area contributed by atoms with Crippen LogP contribution in [0.15, 0.2) is 54.6 Å². The molecule has 0 atom stereocenters. The van der Waals surface area contributed by atoms with Crippen LogP contribution in [0.25, 0.3) is 0 Å². The highest BCUT2D eigenvalue weighted by Crippen LogP contribution is 2.43. The van der Waals surface area contributed by atoms with Crippen LogP contribution in [0.2, 0.25) is 0 Å². The molecule has 25 heavy (non-hydrogen) atoms. The standard InChI is InChI=1S/C21H24N2O2/c22-19(24)18-9-4-8-16(14-18)10-13-23-20(25)21(11-5-12-21)15-17-6-2-1-3-7-17/h1-4,6-9,14H,5,10-13,15H2,(H2,22,24)(H,23,25). The summed E-state index contributed by atoms with van der Waals surface area (Å²) < 4.78 is 0. The largest absolute Gasteiger partial charge is 0.366 e. The first kappa shape index (κ1) is 17.2. The van der Waals surface area contributed by atoms with Crippen molar-refractivity contribution >= 4 is 11.8 Å². The van der Waals surface area contributed by atoms with E-state index in [0.29, 0.717) is 18.5 Å². The van der Waals surface area contributed by atoms with Crippen LogP contribution in [0, 0.1) is 5.41 Å². The molecule has 0 heterocycles. The van der Waals surface area contributed by atoms with Gasteiger partial charge in [0.05, 0.1) is 5.41 Å². The summed E-state index contributed by atoms with van der Waals surface area (Å²) in [6.45, 7) is 0.567. The van der Waals surface area contributed by atoms with Crippen LogP contribution in [0.1, 0.15) is 40.7 Å². The lowest BCUT2D eigenvalue weighted by Crippen LogP contribution is -2.47. The normalized spacial score (nSPS) is 15.2. The average molecular weight is 336 g/mol. The van der Waals surface area contributed by atoms with Crippen molar-refractivity contribution in [1.29, 1.82) is 0 Å². The van der Waals surface area contributed by atoms with Crippen LogP contribution < -0.4 is 11.1 Å². The number of rotatable bonds is 7. The summed E-state index contributed by atoms with van der Waals surface area (Å²) in [7, 11) is 0. The Bertz CT molecular complexity index is 752. The Balaban J connectivity index is 1.56.